The first-order valence-electron chi connectivity index (χ1n) is 10.8. The fourth-order valence-electron chi connectivity index (χ4n) is 3.62. The zero-order chi connectivity index (χ0) is 24.1. The zero-order valence-electron chi connectivity index (χ0n) is 19.2. The van der Waals surface area contributed by atoms with Crippen LogP contribution in [0.1, 0.15) is 30.0 Å². The molecule has 1 unspecified atom stereocenters. The van der Waals surface area contributed by atoms with Crippen LogP contribution in [0.25, 0.3) is 5.69 Å². The number of carbonyl (C=O) groups excluding carboxylic acids is 1. The van der Waals surface area contributed by atoms with Crippen LogP contribution in [0.15, 0.2) is 78.0 Å². The van der Waals surface area contributed by atoms with Gasteiger partial charge in [-0.1, -0.05) is 48.2 Å². The first-order valence-corrected chi connectivity index (χ1v) is 11.8. The molecule has 1 aromatic heterocycles. The molecule has 1 atom stereocenters. The van der Waals surface area contributed by atoms with E-state index in [1.54, 1.807) is 25.1 Å². The smallest absolute Gasteiger partial charge is 0.234 e. The van der Waals surface area contributed by atoms with Crippen LogP contribution in [0.4, 0.5) is 10.1 Å². The maximum Gasteiger partial charge on any atom is 0.234 e. The molecule has 3 aromatic carbocycles. The Morgan fingerprint density at radius 2 is 1.71 bits per heavy atom. The molecule has 4 aromatic rings. The lowest BCUT2D eigenvalue weighted by molar-refractivity contribution is -0.113. The molecule has 1 amide bonds. The van der Waals surface area contributed by atoms with Gasteiger partial charge in [0.1, 0.15) is 0 Å². The number of ether oxygens (including phenoxy) is 1. The molecule has 0 fully saturated rings. The Morgan fingerprint density at radius 3 is 2.41 bits per heavy atom. The van der Waals surface area contributed by atoms with Gasteiger partial charge in [-0.05, 0) is 68.3 Å². The van der Waals surface area contributed by atoms with E-state index in [-0.39, 0.29) is 17.4 Å². The van der Waals surface area contributed by atoms with Gasteiger partial charge >= 0.3 is 0 Å². The first kappa shape index (κ1) is 23.5. The maximum absolute atomic E-state index is 14.1. The molecule has 8 heteroatoms. The van der Waals surface area contributed by atoms with Gasteiger partial charge in [0.05, 0.1) is 5.75 Å². The van der Waals surface area contributed by atoms with Crippen LogP contribution in [0.5, 0.6) is 5.75 Å². The number of hydrogen-bond donors (Lipinski definition) is 1. The lowest BCUT2D eigenvalue weighted by Gasteiger charge is -2.17. The van der Waals surface area contributed by atoms with E-state index in [1.165, 1.54) is 17.8 Å². The standard InChI is InChI=1S/C26H25FN4O2S/c1-17-13-18(2)15-20(14-17)28-24(32)16-34-26-30-29-25(31(26)21-9-5-4-6-10-21)19(3)33-23-12-8-7-11-22(23)27/h4-15,19H,16H2,1-3H3,(H,28,32). The van der Waals surface area contributed by atoms with Crippen molar-refractivity contribution in [1.82, 2.24) is 14.8 Å². The Hall–Kier alpha value is -3.65. The molecule has 1 heterocycles. The number of anilines is 1. The van der Waals surface area contributed by atoms with Crippen LogP contribution in [0, 0.1) is 19.7 Å². The molecule has 34 heavy (non-hydrogen) atoms. The van der Waals surface area contributed by atoms with E-state index in [1.807, 2.05) is 60.9 Å². The normalized spacial score (nSPS) is 11.8. The van der Waals surface area contributed by atoms with Crippen LogP contribution < -0.4 is 10.1 Å². The molecule has 0 spiro atoms. The van der Waals surface area contributed by atoms with Crippen molar-refractivity contribution in [1.29, 1.82) is 0 Å². The van der Waals surface area contributed by atoms with E-state index in [4.69, 9.17) is 4.74 Å². The molecule has 174 valence electrons. The Balaban J connectivity index is 1.55. The predicted molar refractivity (Wildman–Crippen MR) is 132 cm³/mol. The summed E-state index contributed by atoms with van der Waals surface area (Å²) in [5, 5.41) is 12.1. The van der Waals surface area contributed by atoms with E-state index in [0.29, 0.717) is 11.0 Å². The van der Waals surface area contributed by atoms with Gasteiger partial charge in [-0.2, -0.15) is 0 Å². The third-order valence-corrected chi connectivity index (χ3v) is 5.94. The largest absolute Gasteiger partial charge is 0.480 e. The molecule has 6 nitrogen and oxygen atoms in total. The van der Waals surface area contributed by atoms with Crippen molar-refractivity contribution in [2.45, 2.75) is 32.0 Å². The number of halogens is 1. The van der Waals surface area contributed by atoms with Gasteiger partial charge in [-0.25, -0.2) is 4.39 Å². The SMILES string of the molecule is Cc1cc(C)cc(NC(=O)CSc2nnc(C(C)Oc3ccccc3F)n2-c2ccccc2)c1. The summed E-state index contributed by atoms with van der Waals surface area (Å²) >= 11 is 1.27. The Morgan fingerprint density at radius 1 is 1.03 bits per heavy atom. The lowest BCUT2D eigenvalue weighted by atomic mass is 10.1. The van der Waals surface area contributed by atoms with Crippen LogP contribution in [-0.4, -0.2) is 26.4 Å². The second kappa shape index (κ2) is 10.5. The van der Waals surface area contributed by atoms with Gasteiger partial charge in [0.25, 0.3) is 0 Å². The summed E-state index contributed by atoms with van der Waals surface area (Å²) in [7, 11) is 0. The summed E-state index contributed by atoms with van der Waals surface area (Å²) in [5.41, 5.74) is 3.75. The van der Waals surface area contributed by atoms with Crippen molar-refractivity contribution >= 4 is 23.4 Å². The average Bonchev–Trinajstić information content (AvgIpc) is 3.23. The molecule has 0 aliphatic rings. The minimum atomic E-state index is -0.581. The minimum absolute atomic E-state index is 0.139. The highest BCUT2D eigenvalue weighted by Crippen LogP contribution is 2.29. The Labute approximate surface area is 202 Å². The summed E-state index contributed by atoms with van der Waals surface area (Å²) in [6, 6.07) is 21.7. The Kier molecular flexibility index (Phi) is 7.27. The molecule has 0 aliphatic heterocycles. The number of hydrogen-bond acceptors (Lipinski definition) is 5. The van der Waals surface area contributed by atoms with Gasteiger partial charge in [0.2, 0.25) is 5.91 Å². The molecular weight excluding hydrogens is 451 g/mol. The number of benzene rings is 3. The summed E-state index contributed by atoms with van der Waals surface area (Å²) in [5.74, 6) is 0.208. The highest BCUT2D eigenvalue weighted by molar-refractivity contribution is 7.99. The van der Waals surface area contributed by atoms with Gasteiger partial charge in [0.15, 0.2) is 28.7 Å². The summed E-state index contributed by atoms with van der Waals surface area (Å²) in [4.78, 5) is 12.6. The van der Waals surface area contributed by atoms with Crippen molar-refractivity contribution in [3.8, 4) is 11.4 Å². The maximum atomic E-state index is 14.1. The second-order valence-electron chi connectivity index (χ2n) is 7.92. The molecule has 0 radical (unpaired) electrons. The van der Waals surface area contributed by atoms with Crippen LogP contribution in [0.3, 0.4) is 0 Å². The summed E-state index contributed by atoms with van der Waals surface area (Å²) in [6.07, 6.45) is -0.581. The number of thioether (sulfide) groups is 1. The first-order chi connectivity index (χ1) is 16.4. The molecule has 0 saturated carbocycles. The number of para-hydroxylation sites is 2. The topological polar surface area (TPSA) is 69.0 Å². The van der Waals surface area contributed by atoms with Gasteiger partial charge < -0.3 is 10.1 Å². The second-order valence-corrected chi connectivity index (χ2v) is 8.86. The number of aromatic nitrogens is 3. The van der Waals surface area contributed by atoms with Crippen LogP contribution in [0.2, 0.25) is 0 Å². The Bertz CT molecular complexity index is 1270. The fraction of sp³-hybridized carbons (Fsp3) is 0.192. The number of carbonyl (C=O) groups is 1. The van der Waals surface area contributed by atoms with E-state index in [2.05, 4.69) is 21.6 Å². The van der Waals surface area contributed by atoms with E-state index < -0.39 is 11.9 Å². The third-order valence-electron chi connectivity index (χ3n) is 5.01. The molecule has 0 saturated heterocycles. The van der Waals surface area contributed by atoms with Crippen molar-refractivity contribution in [2.75, 3.05) is 11.1 Å². The van der Waals surface area contributed by atoms with E-state index in [0.717, 1.165) is 22.5 Å². The zero-order valence-corrected chi connectivity index (χ0v) is 20.0. The van der Waals surface area contributed by atoms with E-state index >= 15 is 0 Å². The lowest BCUT2D eigenvalue weighted by Crippen LogP contribution is -2.15. The summed E-state index contributed by atoms with van der Waals surface area (Å²) < 4.78 is 21.8. The summed E-state index contributed by atoms with van der Waals surface area (Å²) in [6.45, 7) is 5.77. The van der Waals surface area contributed by atoms with Crippen LogP contribution in [-0.2, 0) is 4.79 Å². The minimum Gasteiger partial charge on any atom is -0.480 e. The average molecular weight is 477 g/mol. The predicted octanol–water partition coefficient (Wildman–Crippen LogP) is 5.89. The molecule has 4 rings (SSSR count). The quantitative estimate of drug-likeness (QED) is 0.321. The van der Waals surface area contributed by atoms with Crippen molar-refractivity contribution < 1.29 is 13.9 Å². The van der Waals surface area contributed by atoms with Crippen LogP contribution >= 0.6 is 11.8 Å². The van der Waals surface area contributed by atoms with Gasteiger partial charge in [0, 0.05) is 11.4 Å². The van der Waals surface area contributed by atoms with Crippen molar-refractivity contribution in [3.05, 3.63) is 95.6 Å². The highest BCUT2D eigenvalue weighted by Gasteiger charge is 2.22. The third kappa shape index (κ3) is 5.63. The molecule has 0 aliphatic carbocycles. The molecule has 0 bridgehead atoms. The number of nitrogens with one attached hydrogen (secondary N) is 1. The monoisotopic (exact) mass is 476 g/mol. The molecular formula is C26H25FN4O2S. The number of aryl methyl sites for hydroxylation is 2. The van der Waals surface area contributed by atoms with Crippen molar-refractivity contribution in [3.63, 3.8) is 0 Å². The molecule has 1 N–H and O–H groups in total. The van der Waals surface area contributed by atoms with Gasteiger partial charge in [-0.3, -0.25) is 9.36 Å². The highest BCUT2D eigenvalue weighted by atomic mass is 32.2. The number of nitrogens with zero attached hydrogens (tertiary/aromatic N) is 3. The van der Waals surface area contributed by atoms with Gasteiger partial charge in [-0.15, -0.1) is 10.2 Å². The number of rotatable bonds is 8. The number of amides is 1. The van der Waals surface area contributed by atoms with E-state index in [9.17, 15) is 9.18 Å². The fourth-order valence-corrected chi connectivity index (χ4v) is 4.37. The van der Waals surface area contributed by atoms with Crippen molar-refractivity contribution in [2.24, 2.45) is 0 Å².